The Labute approximate surface area is 110 Å². The Morgan fingerprint density at radius 1 is 1.33 bits per heavy atom. The highest BCUT2D eigenvalue weighted by atomic mass is 16.5. The lowest BCUT2D eigenvalue weighted by Gasteiger charge is -2.13. The molecule has 0 aliphatic heterocycles. The minimum atomic E-state index is 0.709. The van der Waals surface area contributed by atoms with E-state index in [1.807, 2.05) is 18.2 Å². The van der Waals surface area contributed by atoms with Gasteiger partial charge in [-0.15, -0.1) is 0 Å². The maximum Gasteiger partial charge on any atom is 0.143 e. The number of hydrogen-bond donors (Lipinski definition) is 2. The van der Waals surface area contributed by atoms with Crippen LogP contribution in [-0.4, -0.2) is 13.7 Å². The molecular weight excluding hydrogens is 224 g/mol. The van der Waals surface area contributed by atoms with E-state index in [9.17, 15) is 0 Å². The van der Waals surface area contributed by atoms with Crippen molar-refractivity contribution in [1.82, 2.24) is 0 Å². The van der Waals surface area contributed by atoms with Crippen molar-refractivity contribution in [2.24, 2.45) is 5.92 Å². The smallest absolute Gasteiger partial charge is 0.143 e. The van der Waals surface area contributed by atoms with Crippen LogP contribution in [0, 0.1) is 5.92 Å². The van der Waals surface area contributed by atoms with E-state index in [0.29, 0.717) is 5.69 Å². The van der Waals surface area contributed by atoms with Crippen LogP contribution in [0.5, 0.6) is 5.75 Å². The molecule has 3 nitrogen and oxygen atoms in total. The number of nitrogens with two attached hydrogens (primary N) is 1. The average Bonchev–Trinajstić information content (AvgIpc) is 2.89. The molecule has 1 aromatic rings. The molecule has 3 N–H and O–H groups in total. The Balaban J connectivity index is 1.75. The fraction of sp³-hybridized carbons (Fsp3) is 0.600. The predicted octanol–water partition coefficient (Wildman–Crippen LogP) is 3.66. The van der Waals surface area contributed by atoms with Gasteiger partial charge < -0.3 is 15.8 Å². The first kappa shape index (κ1) is 13.1. The van der Waals surface area contributed by atoms with Gasteiger partial charge in [0.15, 0.2) is 0 Å². The Bertz CT molecular complexity index is 373. The highest BCUT2D eigenvalue weighted by Gasteiger charge is 2.14. The first-order valence-electron chi connectivity index (χ1n) is 6.97. The molecule has 0 amide bonds. The molecule has 1 fully saturated rings. The topological polar surface area (TPSA) is 47.3 Å². The molecule has 0 unspecified atom stereocenters. The molecule has 3 heteroatoms. The Kier molecular flexibility index (Phi) is 4.73. The molecule has 0 radical (unpaired) electrons. The molecule has 100 valence electrons. The third-order valence-electron chi connectivity index (χ3n) is 3.87. The fourth-order valence-electron chi connectivity index (χ4n) is 2.79. The highest BCUT2D eigenvalue weighted by molar-refractivity contribution is 5.72. The SMILES string of the molecule is COc1cccc(NCCCC2CCCC2)c1N. The molecule has 0 aromatic heterocycles. The van der Waals surface area contributed by atoms with Gasteiger partial charge in [-0.05, 0) is 30.9 Å². The number of nitrogens with one attached hydrogen (secondary N) is 1. The first-order chi connectivity index (χ1) is 8.81. The average molecular weight is 248 g/mol. The molecular formula is C15H24N2O. The lowest BCUT2D eigenvalue weighted by molar-refractivity contribution is 0.417. The summed E-state index contributed by atoms with van der Waals surface area (Å²) in [4.78, 5) is 0. The summed E-state index contributed by atoms with van der Waals surface area (Å²) in [5, 5.41) is 3.41. The Morgan fingerprint density at radius 3 is 2.83 bits per heavy atom. The van der Waals surface area contributed by atoms with Gasteiger partial charge in [0, 0.05) is 6.54 Å². The van der Waals surface area contributed by atoms with Crippen molar-refractivity contribution in [2.45, 2.75) is 38.5 Å². The van der Waals surface area contributed by atoms with Crippen molar-refractivity contribution in [3.63, 3.8) is 0 Å². The summed E-state index contributed by atoms with van der Waals surface area (Å²) in [5.74, 6) is 1.71. The van der Waals surface area contributed by atoms with Crippen LogP contribution < -0.4 is 15.8 Å². The number of methoxy groups -OCH3 is 1. The van der Waals surface area contributed by atoms with Gasteiger partial charge in [-0.1, -0.05) is 31.7 Å². The third kappa shape index (κ3) is 3.31. The van der Waals surface area contributed by atoms with Gasteiger partial charge in [0.1, 0.15) is 5.75 Å². The Morgan fingerprint density at radius 2 is 2.11 bits per heavy atom. The number of nitrogen functional groups attached to an aromatic ring is 1. The maximum atomic E-state index is 6.01. The van der Waals surface area contributed by atoms with Crippen molar-refractivity contribution in [3.05, 3.63) is 18.2 Å². The molecule has 2 rings (SSSR count). The van der Waals surface area contributed by atoms with Crippen LogP contribution in [0.25, 0.3) is 0 Å². The molecule has 1 aliphatic carbocycles. The second-order valence-electron chi connectivity index (χ2n) is 5.14. The van der Waals surface area contributed by atoms with Crippen molar-refractivity contribution in [3.8, 4) is 5.75 Å². The minimum absolute atomic E-state index is 0.709. The van der Waals surface area contributed by atoms with Gasteiger partial charge in [-0.3, -0.25) is 0 Å². The molecule has 0 atom stereocenters. The Hall–Kier alpha value is -1.38. The van der Waals surface area contributed by atoms with E-state index in [-0.39, 0.29) is 0 Å². The summed E-state index contributed by atoms with van der Waals surface area (Å²) in [5.41, 5.74) is 7.71. The van der Waals surface area contributed by atoms with E-state index >= 15 is 0 Å². The summed E-state index contributed by atoms with van der Waals surface area (Å²) >= 11 is 0. The van der Waals surface area contributed by atoms with Gasteiger partial charge in [-0.2, -0.15) is 0 Å². The van der Waals surface area contributed by atoms with Crippen LogP contribution in [0.3, 0.4) is 0 Å². The number of para-hydroxylation sites is 1. The van der Waals surface area contributed by atoms with Crippen LogP contribution in [0.15, 0.2) is 18.2 Å². The van der Waals surface area contributed by atoms with Gasteiger partial charge in [0.25, 0.3) is 0 Å². The van der Waals surface area contributed by atoms with Crippen LogP contribution >= 0.6 is 0 Å². The standard InChI is InChI=1S/C15H24N2O/c1-18-14-10-4-9-13(15(14)16)17-11-5-8-12-6-2-3-7-12/h4,9-10,12,17H,2-3,5-8,11,16H2,1H3. The van der Waals surface area contributed by atoms with Gasteiger partial charge in [0.2, 0.25) is 0 Å². The number of hydrogen-bond acceptors (Lipinski definition) is 3. The van der Waals surface area contributed by atoms with Crippen molar-refractivity contribution in [2.75, 3.05) is 24.7 Å². The number of rotatable bonds is 6. The molecule has 0 saturated heterocycles. The molecule has 1 aliphatic rings. The molecule has 1 saturated carbocycles. The normalized spacial score (nSPS) is 15.8. The van der Waals surface area contributed by atoms with Crippen molar-refractivity contribution < 1.29 is 4.74 Å². The predicted molar refractivity (Wildman–Crippen MR) is 77.1 cm³/mol. The molecule has 0 bridgehead atoms. The summed E-state index contributed by atoms with van der Waals surface area (Å²) < 4.78 is 5.21. The van der Waals surface area contributed by atoms with Gasteiger partial charge >= 0.3 is 0 Å². The highest BCUT2D eigenvalue weighted by Crippen LogP contribution is 2.30. The number of ether oxygens (including phenoxy) is 1. The van der Waals surface area contributed by atoms with Gasteiger partial charge in [-0.25, -0.2) is 0 Å². The van der Waals surface area contributed by atoms with E-state index in [2.05, 4.69) is 5.32 Å². The monoisotopic (exact) mass is 248 g/mol. The van der Waals surface area contributed by atoms with Crippen molar-refractivity contribution >= 4 is 11.4 Å². The quantitative estimate of drug-likeness (QED) is 0.596. The van der Waals surface area contributed by atoms with Crippen LogP contribution in [0.4, 0.5) is 11.4 Å². The molecule has 1 aromatic carbocycles. The summed E-state index contributed by atoms with van der Waals surface area (Å²) in [6.45, 7) is 0.994. The second-order valence-corrected chi connectivity index (χ2v) is 5.14. The third-order valence-corrected chi connectivity index (χ3v) is 3.87. The van der Waals surface area contributed by atoms with E-state index in [0.717, 1.165) is 23.9 Å². The lowest BCUT2D eigenvalue weighted by Crippen LogP contribution is -2.06. The minimum Gasteiger partial charge on any atom is -0.495 e. The summed E-state index contributed by atoms with van der Waals surface area (Å²) in [6, 6.07) is 5.86. The van der Waals surface area contributed by atoms with Crippen LogP contribution in [-0.2, 0) is 0 Å². The number of benzene rings is 1. The number of anilines is 2. The largest absolute Gasteiger partial charge is 0.495 e. The summed E-state index contributed by atoms with van der Waals surface area (Å²) in [7, 11) is 1.65. The lowest BCUT2D eigenvalue weighted by atomic mass is 10.0. The van der Waals surface area contributed by atoms with E-state index in [1.54, 1.807) is 7.11 Å². The molecule has 0 spiro atoms. The summed E-state index contributed by atoms with van der Waals surface area (Å²) in [6.07, 6.45) is 8.29. The molecule has 0 heterocycles. The zero-order valence-corrected chi connectivity index (χ0v) is 11.2. The van der Waals surface area contributed by atoms with E-state index in [4.69, 9.17) is 10.5 Å². The maximum absolute atomic E-state index is 6.01. The fourth-order valence-corrected chi connectivity index (χ4v) is 2.79. The van der Waals surface area contributed by atoms with Crippen molar-refractivity contribution in [1.29, 1.82) is 0 Å². The van der Waals surface area contributed by atoms with Crippen LogP contribution in [0.1, 0.15) is 38.5 Å². The van der Waals surface area contributed by atoms with Crippen LogP contribution in [0.2, 0.25) is 0 Å². The zero-order valence-electron chi connectivity index (χ0n) is 11.2. The second kappa shape index (κ2) is 6.53. The molecule has 18 heavy (non-hydrogen) atoms. The van der Waals surface area contributed by atoms with E-state index in [1.165, 1.54) is 38.5 Å². The first-order valence-corrected chi connectivity index (χ1v) is 6.97. The van der Waals surface area contributed by atoms with E-state index < -0.39 is 0 Å². The zero-order chi connectivity index (χ0) is 12.8. The van der Waals surface area contributed by atoms with Gasteiger partial charge in [0.05, 0.1) is 18.5 Å².